The predicted molar refractivity (Wildman–Crippen MR) is 98.6 cm³/mol. The van der Waals surface area contributed by atoms with E-state index >= 15 is 0 Å². The van der Waals surface area contributed by atoms with Crippen molar-refractivity contribution in [2.45, 2.75) is 26.0 Å². The van der Waals surface area contributed by atoms with Gasteiger partial charge in [-0.25, -0.2) is 0 Å². The summed E-state index contributed by atoms with van der Waals surface area (Å²) in [5, 5.41) is 9.69. The van der Waals surface area contributed by atoms with Gasteiger partial charge in [-0.15, -0.1) is 0 Å². The van der Waals surface area contributed by atoms with Crippen LogP contribution in [0, 0.1) is 11.3 Å². The van der Waals surface area contributed by atoms with E-state index in [1.165, 1.54) is 0 Å². The SMILES string of the molecule is CC(Oc1ccc(Cl)cc1Cl)C(=O)N(CCC#N)Cc1ccccc1. The minimum Gasteiger partial charge on any atom is -0.479 e. The summed E-state index contributed by atoms with van der Waals surface area (Å²) >= 11 is 12.0. The van der Waals surface area contributed by atoms with Crippen molar-refractivity contribution in [3.63, 3.8) is 0 Å². The van der Waals surface area contributed by atoms with E-state index < -0.39 is 6.10 Å². The molecule has 2 rings (SSSR count). The molecule has 4 nitrogen and oxygen atoms in total. The molecule has 0 aliphatic heterocycles. The van der Waals surface area contributed by atoms with Gasteiger partial charge < -0.3 is 9.64 Å². The minimum absolute atomic E-state index is 0.204. The number of hydrogen-bond acceptors (Lipinski definition) is 3. The molecule has 0 spiro atoms. The zero-order chi connectivity index (χ0) is 18.2. The molecule has 0 heterocycles. The van der Waals surface area contributed by atoms with Gasteiger partial charge in [-0.05, 0) is 30.7 Å². The van der Waals surface area contributed by atoms with Gasteiger partial charge in [-0.3, -0.25) is 4.79 Å². The summed E-state index contributed by atoms with van der Waals surface area (Å²) < 4.78 is 5.70. The Balaban J connectivity index is 2.10. The highest BCUT2D eigenvalue weighted by molar-refractivity contribution is 6.35. The van der Waals surface area contributed by atoms with Crippen molar-refractivity contribution < 1.29 is 9.53 Å². The molecule has 6 heteroatoms. The van der Waals surface area contributed by atoms with Gasteiger partial charge in [0.15, 0.2) is 6.10 Å². The van der Waals surface area contributed by atoms with Crippen molar-refractivity contribution in [1.29, 1.82) is 5.26 Å². The molecule has 0 N–H and O–H groups in total. The van der Waals surface area contributed by atoms with Crippen LogP contribution in [0.1, 0.15) is 18.9 Å². The lowest BCUT2D eigenvalue weighted by Gasteiger charge is -2.25. The van der Waals surface area contributed by atoms with E-state index in [4.69, 9.17) is 33.2 Å². The number of carbonyl (C=O) groups is 1. The first-order valence-corrected chi connectivity index (χ1v) is 8.58. The Morgan fingerprint density at radius 2 is 1.96 bits per heavy atom. The average molecular weight is 377 g/mol. The molecule has 1 amide bonds. The third kappa shape index (κ3) is 5.67. The molecule has 0 aliphatic carbocycles. The summed E-state index contributed by atoms with van der Waals surface area (Å²) in [6.45, 7) is 2.42. The van der Waals surface area contributed by atoms with Gasteiger partial charge in [0.1, 0.15) is 5.75 Å². The second-order valence-corrected chi connectivity index (χ2v) is 6.33. The van der Waals surface area contributed by atoms with Crippen LogP contribution in [-0.2, 0) is 11.3 Å². The first-order chi connectivity index (χ1) is 12.0. The van der Waals surface area contributed by atoms with Crippen molar-refractivity contribution in [3.05, 3.63) is 64.1 Å². The summed E-state index contributed by atoms with van der Waals surface area (Å²) in [4.78, 5) is 14.4. The quantitative estimate of drug-likeness (QED) is 0.703. The highest BCUT2D eigenvalue weighted by Gasteiger charge is 2.23. The number of rotatable bonds is 7. The van der Waals surface area contributed by atoms with E-state index in [-0.39, 0.29) is 12.3 Å². The van der Waals surface area contributed by atoms with E-state index in [2.05, 4.69) is 6.07 Å². The largest absolute Gasteiger partial charge is 0.479 e. The Labute approximate surface area is 157 Å². The molecular weight excluding hydrogens is 359 g/mol. The Bertz CT molecular complexity index is 760. The van der Waals surface area contributed by atoms with Gasteiger partial charge in [-0.2, -0.15) is 5.26 Å². The Kier molecular flexibility index (Phi) is 7.12. The number of hydrogen-bond donors (Lipinski definition) is 0. The fourth-order valence-corrected chi connectivity index (χ4v) is 2.78. The zero-order valence-corrected chi connectivity index (χ0v) is 15.3. The molecule has 0 aromatic heterocycles. The standard InChI is InChI=1S/C19H18Cl2N2O2/c1-14(25-18-9-8-16(20)12-17(18)21)19(24)23(11-5-10-22)13-15-6-3-2-4-7-15/h2-4,6-9,12,14H,5,11,13H2,1H3. The van der Waals surface area contributed by atoms with Crippen molar-refractivity contribution in [3.8, 4) is 11.8 Å². The van der Waals surface area contributed by atoms with Crippen LogP contribution in [0.15, 0.2) is 48.5 Å². The zero-order valence-electron chi connectivity index (χ0n) is 13.8. The molecule has 0 saturated heterocycles. The topological polar surface area (TPSA) is 53.3 Å². The fourth-order valence-electron chi connectivity index (χ4n) is 2.32. The molecule has 0 aliphatic rings. The number of halogens is 2. The lowest BCUT2D eigenvalue weighted by molar-refractivity contribution is -0.138. The van der Waals surface area contributed by atoms with Gasteiger partial charge in [0.2, 0.25) is 0 Å². The molecule has 25 heavy (non-hydrogen) atoms. The number of carbonyl (C=O) groups excluding carboxylic acids is 1. The molecule has 0 saturated carbocycles. The van der Waals surface area contributed by atoms with Crippen LogP contribution < -0.4 is 4.74 Å². The van der Waals surface area contributed by atoms with Crippen LogP contribution in [0.4, 0.5) is 0 Å². The number of amides is 1. The number of nitriles is 1. The maximum atomic E-state index is 12.8. The Morgan fingerprint density at radius 3 is 2.60 bits per heavy atom. The van der Waals surface area contributed by atoms with E-state index in [1.807, 2.05) is 30.3 Å². The molecular formula is C19H18Cl2N2O2. The first-order valence-electron chi connectivity index (χ1n) is 7.82. The van der Waals surface area contributed by atoms with Crippen LogP contribution in [0.3, 0.4) is 0 Å². The molecule has 2 aromatic carbocycles. The van der Waals surface area contributed by atoms with Crippen molar-refractivity contribution in [2.75, 3.05) is 6.54 Å². The van der Waals surface area contributed by atoms with E-state index in [0.29, 0.717) is 28.9 Å². The van der Waals surface area contributed by atoms with Crippen LogP contribution in [0.2, 0.25) is 10.0 Å². The highest BCUT2D eigenvalue weighted by Crippen LogP contribution is 2.28. The van der Waals surface area contributed by atoms with Gasteiger partial charge in [0.25, 0.3) is 5.91 Å². The number of ether oxygens (including phenoxy) is 1. The summed E-state index contributed by atoms with van der Waals surface area (Å²) in [6.07, 6.45) is -0.478. The second-order valence-electron chi connectivity index (χ2n) is 5.49. The fraction of sp³-hybridized carbons (Fsp3) is 0.263. The summed E-state index contributed by atoms with van der Waals surface area (Å²) in [7, 11) is 0. The van der Waals surface area contributed by atoms with Crippen LogP contribution in [-0.4, -0.2) is 23.5 Å². The van der Waals surface area contributed by atoms with Crippen LogP contribution in [0.5, 0.6) is 5.75 Å². The third-order valence-electron chi connectivity index (χ3n) is 3.57. The lowest BCUT2D eigenvalue weighted by atomic mass is 10.2. The molecule has 130 valence electrons. The molecule has 2 aromatic rings. The van der Waals surface area contributed by atoms with Crippen LogP contribution in [0.25, 0.3) is 0 Å². The minimum atomic E-state index is -0.735. The van der Waals surface area contributed by atoms with E-state index in [0.717, 1.165) is 5.56 Å². The van der Waals surface area contributed by atoms with Crippen molar-refractivity contribution in [2.24, 2.45) is 0 Å². The number of benzene rings is 2. The van der Waals surface area contributed by atoms with Gasteiger partial charge in [0.05, 0.1) is 17.5 Å². The van der Waals surface area contributed by atoms with E-state index in [9.17, 15) is 4.79 Å². The van der Waals surface area contributed by atoms with Crippen LogP contribution >= 0.6 is 23.2 Å². The van der Waals surface area contributed by atoms with Gasteiger partial charge >= 0.3 is 0 Å². The van der Waals surface area contributed by atoms with Gasteiger partial charge in [-0.1, -0.05) is 53.5 Å². The molecule has 0 fully saturated rings. The van der Waals surface area contributed by atoms with Crippen molar-refractivity contribution >= 4 is 29.1 Å². The average Bonchev–Trinajstić information content (AvgIpc) is 2.61. The normalized spacial score (nSPS) is 11.4. The summed E-state index contributed by atoms with van der Waals surface area (Å²) in [5.41, 5.74) is 0.991. The Hall–Kier alpha value is -2.22. The smallest absolute Gasteiger partial charge is 0.263 e. The first kappa shape index (κ1) is 19.1. The molecule has 0 radical (unpaired) electrons. The maximum absolute atomic E-state index is 12.8. The lowest BCUT2D eigenvalue weighted by Crippen LogP contribution is -2.40. The third-order valence-corrected chi connectivity index (χ3v) is 4.10. The monoisotopic (exact) mass is 376 g/mol. The summed E-state index contributed by atoms with van der Waals surface area (Å²) in [5.74, 6) is 0.192. The molecule has 1 atom stereocenters. The number of nitrogens with zero attached hydrogens (tertiary/aromatic N) is 2. The van der Waals surface area contributed by atoms with Gasteiger partial charge in [0, 0.05) is 18.1 Å². The molecule has 0 bridgehead atoms. The molecule has 1 unspecified atom stereocenters. The Morgan fingerprint density at radius 1 is 1.24 bits per heavy atom. The van der Waals surface area contributed by atoms with E-state index in [1.54, 1.807) is 30.0 Å². The summed E-state index contributed by atoms with van der Waals surface area (Å²) in [6, 6.07) is 16.5. The maximum Gasteiger partial charge on any atom is 0.263 e. The second kappa shape index (κ2) is 9.31. The predicted octanol–water partition coefficient (Wildman–Crippen LogP) is 4.70. The van der Waals surface area contributed by atoms with Crippen molar-refractivity contribution in [1.82, 2.24) is 4.90 Å². The highest BCUT2D eigenvalue weighted by atomic mass is 35.5.